The number of halogens is 1. The van der Waals surface area contributed by atoms with Crippen molar-refractivity contribution < 1.29 is 4.79 Å². The first-order chi connectivity index (χ1) is 10.7. The summed E-state index contributed by atoms with van der Waals surface area (Å²) in [5, 5.41) is 15.0. The predicted molar refractivity (Wildman–Crippen MR) is 89.0 cm³/mol. The monoisotopic (exact) mass is 339 g/mol. The Hall–Kier alpha value is -1.60. The normalized spacial score (nSPS) is 10.6. The molecule has 6 nitrogen and oxygen atoms in total. The van der Waals surface area contributed by atoms with Crippen LogP contribution in [0.15, 0.2) is 24.3 Å². The molecule has 0 aliphatic carbocycles. The number of para-hydroxylation sites is 1. The fourth-order valence-corrected chi connectivity index (χ4v) is 2.72. The number of tetrazole rings is 1. The van der Waals surface area contributed by atoms with Crippen LogP contribution in [0.5, 0.6) is 0 Å². The van der Waals surface area contributed by atoms with Crippen molar-refractivity contribution in [2.24, 2.45) is 0 Å². The lowest BCUT2D eigenvalue weighted by molar-refractivity contribution is -0.113. The fraction of sp³-hybridized carbons (Fsp3) is 0.429. The van der Waals surface area contributed by atoms with Crippen LogP contribution in [0.25, 0.3) is 0 Å². The quantitative estimate of drug-likeness (QED) is 0.800. The molecule has 118 valence electrons. The van der Waals surface area contributed by atoms with Crippen molar-refractivity contribution in [1.29, 1.82) is 0 Å². The Morgan fingerprint density at radius 1 is 1.41 bits per heavy atom. The molecule has 0 bridgehead atoms. The van der Waals surface area contributed by atoms with E-state index in [9.17, 15) is 4.79 Å². The van der Waals surface area contributed by atoms with Gasteiger partial charge in [-0.2, -0.15) is 0 Å². The second-order valence-corrected chi connectivity index (χ2v) is 6.09. The first kappa shape index (κ1) is 16.8. The number of aryl methyl sites for hydroxylation is 1. The zero-order valence-electron chi connectivity index (χ0n) is 12.3. The smallest absolute Gasteiger partial charge is 0.234 e. The van der Waals surface area contributed by atoms with E-state index in [1.165, 1.54) is 11.8 Å². The minimum atomic E-state index is -0.0920. The summed E-state index contributed by atoms with van der Waals surface area (Å²) < 4.78 is 1.79. The van der Waals surface area contributed by atoms with E-state index in [0.29, 0.717) is 22.2 Å². The van der Waals surface area contributed by atoms with Crippen molar-refractivity contribution >= 4 is 35.0 Å². The topological polar surface area (TPSA) is 72.7 Å². The number of carbonyl (C=O) groups excluding carboxylic acids is 1. The molecule has 0 atom stereocenters. The molecule has 0 aliphatic rings. The Morgan fingerprint density at radius 2 is 2.23 bits per heavy atom. The molecule has 0 aliphatic heterocycles. The standard InChI is InChI=1S/C14H18ClN5OS/c1-2-3-8-20-13(17-18-19-20)9-22-10-14(21)16-12-7-5-4-6-11(12)15/h4-7H,2-3,8-10H2,1H3,(H,16,21). The molecule has 0 radical (unpaired) electrons. The second kappa shape index (κ2) is 8.75. The lowest BCUT2D eigenvalue weighted by atomic mass is 10.3. The fourth-order valence-electron chi connectivity index (χ4n) is 1.79. The summed E-state index contributed by atoms with van der Waals surface area (Å²) in [5.41, 5.74) is 0.627. The Labute approximate surface area is 138 Å². The largest absolute Gasteiger partial charge is 0.324 e. The number of rotatable bonds is 8. The zero-order chi connectivity index (χ0) is 15.8. The molecule has 2 rings (SSSR count). The maximum atomic E-state index is 11.9. The molecule has 0 saturated heterocycles. The van der Waals surface area contributed by atoms with Crippen LogP contribution >= 0.6 is 23.4 Å². The average Bonchev–Trinajstić information content (AvgIpc) is 2.95. The van der Waals surface area contributed by atoms with Gasteiger partial charge in [0.2, 0.25) is 5.91 Å². The minimum absolute atomic E-state index is 0.0920. The van der Waals surface area contributed by atoms with Crippen molar-refractivity contribution in [3.05, 3.63) is 35.1 Å². The van der Waals surface area contributed by atoms with E-state index in [1.54, 1.807) is 16.8 Å². The molecule has 1 heterocycles. The van der Waals surface area contributed by atoms with Gasteiger partial charge < -0.3 is 5.32 Å². The van der Waals surface area contributed by atoms with Gasteiger partial charge >= 0.3 is 0 Å². The van der Waals surface area contributed by atoms with Gasteiger partial charge in [0.15, 0.2) is 5.82 Å². The van der Waals surface area contributed by atoms with Crippen molar-refractivity contribution in [2.45, 2.75) is 32.1 Å². The molecule has 8 heteroatoms. The van der Waals surface area contributed by atoms with E-state index < -0.39 is 0 Å². The summed E-state index contributed by atoms with van der Waals surface area (Å²) in [5.74, 6) is 1.63. The first-order valence-corrected chi connectivity index (χ1v) is 8.61. The van der Waals surface area contributed by atoms with Crippen molar-refractivity contribution in [3.63, 3.8) is 0 Å². The van der Waals surface area contributed by atoms with Gasteiger partial charge in [0.05, 0.1) is 22.2 Å². The molecular formula is C14H18ClN5OS. The molecule has 1 N–H and O–H groups in total. The van der Waals surface area contributed by atoms with Crippen LogP contribution in [0, 0.1) is 0 Å². The Kier molecular flexibility index (Phi) is 6.67. The van der Waals surface area contributed by atoms with Gasteiger partial charge in [-0.25, -0.2) is 4.68 Å². The maximum absolute atomic E-state index is 11.9. The molecule has 1 aromatic carbocycles. The van der Waals surface area contributed by atoms with Gasteiger partial charge in [-0.1, -0.05) is 37.1 Å². The molecule has 0 spiro atoms. The van der Waals surface area contributed by atoms with Gasteiger partial charge in [-0.05, 0) is 29.0 Å². The number of nitrogens with one attached hydrogen (secondary N) is 1. The maximum Gasteiger partial charge on any atom is 0.234 e. The molecule has 1 aromatic heterocycles. The lowest BCUT2D eigenvalue weighted by Crippen LogP contribution is -2.15. The number of hydrogen-bond donors (Lipinski definition) is 1. The van der Waals surface area contributed by atoms with Crippen LogP contribution in [-0.4, -0.2) is 31.9 Å². The van der Waals surface area contributed by atoms with E-state index in [-0.39, 0.29) is 5.91 Å². The van der Waals surface area contributed by atoms with Crippen molar-refractivity contribution in [2.75, 3.05) is 11.1 Å². The number of benzene rings is 1. The highest BCUT2D eigenvalue weighted by Crippen LogP contribution is 2.20. The summed E-state index contributed by atoms with van der Waals surface area (Å²) in [6.45, 7) is 2.93. The Bertz CT molecular complexity index is 619. The van der Waals surface area contributed by atoms with Crippen LogP contribution in [0.2, 0.25) is 5.02 Å². The average molecular weight is 340 g/mol. The molecule has 0 fully saturated rings. The third-order valence-electron chi connectivity index (χ3n) is 2.94. The van der Waals surface area contributed by atoms with E-state index in [2.05, 4.69) is 27.8 Å². The summed E-state index contributed by atoms with van der Waals surface area (Å²) in [6, 6.07) is 7.17. The van der Waals surface area contributed by atoms with Gasteiger partial charge in [0.1, 0.15) is 0 Å². The summed E-state index contributed by atoms with van der Waals surface area (Å²) in [4.78, 5) is 11.9. The molecular weight excluding hydrogens is 322 g/mol. The number of carbonyl (C=O) groups is 1. The van der Waals surface area contributed by atoms with Gasteiger partial charge in [-0.3, -0.25) is 4.79 Å². The predicted octanol–water partition coefficient (Wildman–Crippen LogP) is 3.00. The number of unbranched alkanes of at least 4 members (excludes halogenated alkanes) is 1. The van der Waals surface area contributed by atoms with E-state index in [0.717, 1.165) is 25.2 Å². The summed E-state index contributed by atoms with van der Waals surface area (Å²) in [7, 11) is 0. The Balaban J connectivity index is 1.78. The molecule has 0 unspecified atom stereocenters. The van der Waals surface area contributed by atoms with Crippen molar-refractivity contribution in [3.8, 4) is 0 Å². The van der Waals surface area contributed by atoms with E-state index in [4.69, 9.17) is 11.6 Å². The SMILES string of the molecule is CCCCn1nnnc1CSCC(=O)Nc1ccccc1Cl. The van der Waals surface area contributed by atoms with Crippen LogP contribution in [0.4, 0.5) is 5.69 Å². The third-order valence-corrected chi connectivity index (χ3v) is 4.20. The second-order valence-electron chi connectivity index (χ2n) is 4.69. The van der Waals surface area contributed by atoms with Crippen LogP contribution in [0.3, 0.4) is 0 Å². The Morgan fingerprint density at radius 3 is 3.00 bits per heavy atom. The summed E-state index contributed by atoms with van der Waals surface area (Å²) >= 11 is 7.47. The molecule has 0 saturated carbocycles. The third kappa shape index (κ3) is 4.99. The van der Waals surface area contributed by atoms with Crippen molar-refractivity contribution in [1.82, 2.24) is 20.2 Å². The van der Waals surface area contributed by atoms with Gasteiger partial charge in [0.25, 0.3) is 0 Å². The van der Waals surface area contributed by atoms with Crippen LogP contribution in [0.1, 0.15) is 25.6 Å². The van der Waals surface area contributed by atoms with Gasteiger partial charge in [0, 0.05) is 6.54 Å². The number of aromatic nitrogens is 4. The first-order valence-electron chi connectivity index (χ1n) is 7.08. The van der Waals surface area contributed by atoms with E-state index >= 15 is 0 Å². The number of nitrogens with zero attached hydrogens (tertiary/aromatic N) is 4. The minimum Gasteiger partial charge on any atom is -0.324 e. The summed E-state index contributed by atoms with van der Waals surface area (Å²) in [6.07, 6.45) is 2.13. The molecule has 2 aromatic rings. The highest BCUT2D eigenvalue weighted by Gasteiger charge is 2.09. The highest BCUT2D eigenvalue weighted by atomic mass is 35.5. The lowest BCUT2D eigenvalue weighted by Gasteiger charge is -2.07. The zero-order valence-corrected chi connectivity index (χ0v) is 13.9. The number of amides is 1. The number of thioether (sulfide) groups is 1. The van der Waals surface area contributed by atoms with E-state index in [1.807, 2.05) is 12.1 Å². The molecule has 1 amide bonds. The van der Waals surface area contributed by atoms with Crippen LogP contribution < -0.4 is 5.32 Å². The molecule has 22 heavy (non-hydrogen) atoms. The number of anilines is 1. The number of hydrogen-bond acceptors (Lipinski definition) is 5. The highest BCUT2D eigenvalue weighted by molar-refractivity contribution is 7.99. The van der Waals surface area contributed by atoms with Gasteiger partial charge in [-0.15, -0.1) is 16.9 Å². The van der Waals surface area contributed by atoms with Crippen LogP contribution in [-0.2, 0) is 17.1 Å².